The number of hydrogen-bond acceptors (Lipinski definition) is 8. The molecule has 0 aromatic heterocycles. The molecule has 0 heterocycles. The van der Waals surface area contributed by atoms with Gasteiger partial charge in [-0.05, 0) is 79.1 Å². The van der Waals surface area contributed by atoms with Crippen LogP contribution in [0.4, 0.5) is 11.4 Å². The van der Waals surface area contributed by atoms with Gasteiger partial charge in [0, 0.05) is 0 Å². The van der Waals surface area contributed by atoms with E-state index in [-0.39, 0.29) is 43.8 Å². The van der Waals surface area contributed by atoms with E-state index in [0.717, 1.165) is 38.0 Å². The first-order valence-electron chi connectivity index (χ1n) is 13.4. The quantitative estimate of drug-likeness (QED) is 0.151. The molecule has 0 radical (unpaired) electrons. The predicted molar refractivity (Wildman–Crippen MR) is 164 cm³/mol. The number of nitrogens with one attached hydrogen (secondary N) is 2. The Balaban J connectivity index is 1.58. The zero-order chi connectivity index (χ0) is 31.9. The average molecular weight is 639 g/mol. The molecule has 11 nitrogen and oxygen atoms in total. The summed E-state index contributed by atoms with van der Waals surface area (Å²) >= 11 is 0. The minimum Gasteiger partial charge on any atom is -0.478 e. The molecule has 4 aromatic rings. The number of aryl methyl sites for hydroxylation is 1. The van der Waals surface area contributed by atoms with Crippen molar-refractivity contribution in [3.8, 4) is 11.5 Å². The molecule has 4 aromatic carbocycles. The topological polar surface area (TPSA) is 165 Å². The lowest BCUT2D eigenvalue weighted by atomic mass is 10.1. The van der Waals surface area contributed by atoms with Gasteiger partial charge in [0.05, 0.1) is 39.4 Å². The molecule has 44 heavy (non-hydrogen) atoms. The van der Waals surface area contributed by atoms with Crippen LogP contribution in [0.2, 0.25) is 0 Å². The third-order valence-corrected chi connectivity index (χ3v) is 9.21. The zero-order valence-electron chi connectivity index (χ0n) is 23.8. The number of ether oxygens (including phenoxy) is 2. The number of anilines is 2. The van der Waals surface area contributed by atoms with Crippen molar-refractivity contribution in [3.05, 3.63) is 108 Å². The number of hydrogen-bond donors (Lipinski definition) is 3. The Bertz CT molecular complexity index is 1880. The summed E-state index contributed by atoms with van der Waals surface area (Å²) in [4.78, 5) is 24.5. The molecule has 0 aliphatic heterocycles. The van der Waals surface area contributed by atoms with Crippen molar-refractivity contribution in [1.82, 2.24) is 0 Å². The van der Waals surface area contributed by atoms with E-state index in [2.05, 4.69) is 16.4 Å². The SMILES string of the molecule is CCCCc1ccc(S(=O)(=O)Nc2ccc(Oc3ccc(NS(=O)(=O)c4ccccc4)c(C(=O)OC)c3)cc2C(=O)O)cc1. The van der Waals surface area contributed by atoms with E-state index in [9.17, 15) is 31.5 Å². The number of carbonyl (C=O) groups is 2. The van der Waals surface area contributed by atoms with Gasteiger partial charge in [-0.15, -0.1) is 0 Å². The lowest BCUT2D eigenvalue weighted by Crippen LogP contribution is -2.16. The van der Waals surface area contributed by atoms with Gasteiger partial charge in [-0.1, -0.05) is 43.7 Å². The summed E-state index contributed by atoms with van der Waals surface area (Å²) in [6.45, 7) is 2.06. The maximum atomic E-state index is 13.0. The average Bonchev–Trinajstić information content (AvgIpc) is 3.01. The monoisotopic (exact) mass is 638 g/mol. The second-order valence-corrected chi connectivity index (χ2v) is 12.9. The molecule has 0 bridgehead atoms. The highest BCUT2D eigenvalue weighted by Gasteiger charge is 2.22. The summed E-state index contributed by atoms with van der Waals surface area (Å²) in [5.74, 6) is -2.19. The van der Waals surface area contributed by atoms with Gasteiger partial charge in [-0.25, -0.2) is 26.4 Å². The molecule has 0 unspecified atom stereocenters. The van der Waals surface area contributed by atoms with Gasteiger partial charge in [0.25, 0.3) is 20.0 Å². The molecule has 0 amide bonds. The third-order valence-electron chi connectivity index (χ3n) is 6.45. The molecule has 0 saturated carbocycles. The highest BCUT2D eigenvalue weighted by molar-refractivity contribution is 7.93. The van der Waals surface area contributed by atoms with Crippen LogP contribution in [0.15, 0.2) is 101 Å². The zero-order valence-corrected chi connectivity index (χ0v) is 25.4. The minimum absolute atomic E-state index is 0.0130. The van der Waals surface area contributed by atoms with Crippen LogP contribution in [0, 0.1) is 0 Å². The molecular weight excluding hydrogens is 608 g/mol. The normalized spacial score (nSPS) is 11.4. The van der Waals surface area contributed by atoms with E-state index >= 15 is 0 Å². The van der Waals surface area contributed by atoms with E-state index in [0.29, 0.717) is 0 Å². The second-order valence-electron chi connectivity index (χ2n) is 9.59. The van der Waals surface area contributed by atoms with Gasteiger partial charge >= 0.3 is 11.9 Å². The summed E-state index contributed by atoms with van der Waals surface area (Å²) in [6, 6.07) is 21.6. The maximum Gasteiger partial charge on any atom is 0.340 e. The fourth-order valence-electron chi connectivity index (χ4n) is 4.17. The summed E-state index contributed by atoms with van der Waals surface area (Å²) in [7, 11) is -7.00. The number of carbonyl (C=O) groups excluding carboxylic acids is 1. The van der Waals surface area contributed by atoms with E-state index in [1.54, 1.807) is 30.3 Å². The Morgan fingerprint density at radius 2 is 1.25 bits per heavy atom. The standard InChI is InChI=1S/C31H30N2O9S2/c1-3-4-8-21-11-15-25(16-12-21)44(39,40)32-28-17-13-22(19-26(28)30(34)35)42-23-14-18-29(27(20-23)31(36)41-2)33-43(37,38)24-9-6-5-7-10-24/h5-7,9-20,32-33H,3-4,8H2,1-2H3,(H,34,35). The smallest absolute Gasteiger partial charge is 0.340 e. The number of sulfonamides is 2. The third kappa shape index (κ3) is 7.74. The van der Waals surface area contributed by atoms with E-state index < -0.39 is 32.0 Å². The van der Waals surface area contributed by atoms with Crippen LogP contribution in [0.25, 0.3) is 0 Å². The number of methoxy groups -OCH3 is 1. The summed E-state index contributed by atoms with van der Waals surface area (Å²) in [5, 5.41) is 9.81. The first-order chi connectivity index (χ1) is 20.9. The van der Waals surface area contributed by atoms with Gasteiger partial charge in [-0.3, -0.25) is 9.44 Å². The van der Waals surface area contributed by atoms with Crippen molar-refractivity contribution in [2.75, 3.05) is 16.6 Å². The largest absolute Gasteiger partial charge is 0.478 e. The van der Waals surface area contributed by atoms with Crippen LogP contribution in [0.1, 0.15) is 46.0 Å². The predicted octanol–water partition coefficient (Wildman–Crippen LogP) is 5.91. The van der Waals surface area contributed by atoms with Crippen LogP contribution in [-0.4, -0.2) is 41.0 Å². The van der Waals surface area contributed by atoms with Crippen molar-refractivity contribution in [3.63, 3.8) is 0 Å². The Hall–Kier alpha value is -4.88. The molecule has 0 atom stereocenters. The van der Waals surface area contributed by atoms with Crippen LogP contribution < -0.4 is 14.2 Å². The van der Waals surface area contributed by atoms with Gasteiger partial charge in [0.1, 0.15) is 11.5 Å². The fourth-order valence-corrected chi connectivity index (χ4v) is 6.35. The lowest BCUT2D eigenvalue weighted by Gasteiger charge is -2.15. The molecule has 13 heteroatoms. The Kier molecular flexibility index (Phi) is 9.91. The summed E-state index contributed by atoms with van der Waals surface area (Å²) < 4.78 is 66.9. The Labute approximate surface area is 255 Å². The van der Waals surface area contributed by atoms with Crippen molar-refractivity contribution in [2.45, 2.75) is 36.0 Å². The van der Waals surface area contributed by atoms with E-state index in [1.165, 1.54) is 54.6 Å². The molecule has 0 spiro atoms. The summed E-state index contributed by atoms with van der Waals surface area (Å²) in [5.41, 5.74) is 0.206. The second kappa shape index (κ2) is 13.6. The number of aromatic carboxylic acids is 1. The number of carboxylic acid groups (broad SMARTS) is 1. The van der Waals surface area contributed by atoms with Crippen molar-refractivity contribution in [2.24, 2.45) is 0 Å². The van der Waals surface area contributed by atoms with Crippen LogP contribution in [0.3, 0.4) is 0 Å². The van der Waals surface area contributed by atoms with Crippen molar-refractivity contribution in [1.29, 1.82) is 0 Å². The first-order valence-corrected chi connectivity index (χ1v) is 16.4. The van der Waals surface area contributed by atoms with Gasteiger partial charge in [-0.2, -0.15) is 0 Å². The van der Waals surface area contributed by atoms with Crippen LogP contribution >= 0.6 is 0 Å². The van der Waals surface area contributed by atoms with E-state index in [1.807, 2.05) is 0 Å². The first kappa shape index (κ1) is 32.0. The van der Waals surface area contributed by atoms with E-state index in [4.69, 9.17) is 9.47 Å². The molecule has 230 valence electrons. The van der Waals surface area contributed by atoms with Crippen molar-refractivity contribution >= 4 is 43.4 Å². The van der Waals surface area contributed by atoms with Crippen molar-refractivity contribution < 1.29 is 41.0 Å². The molecular formula is C31H30N2O9S2. The van der Waals surface area contributed by atoms with Gasteiger partial charge in [0.2, 0.25) is 0 Å². The number of unbranched alkanes of at least 4 members (excludes halogenated alkanes) is 1. The lowest BCUT2D eigenvalue weighted by molar-refractivity contribution is 0.0600. The van der Waals surface area contributed by atoms with Gasteiger partial charge in [0.15, 0.2) is 0 Å². The highest BCUT2D eigenvalue weighted by Crippen LogP contribution is 2.31. The molecule has 0 saturated heterocycles. The summed E-state index contributed by atoms with van der Waals surface area (Å²) in [6.07, 6.45) is 2.80. The number of benzene rings is 4. The number of esters is 1. The Morgan fingerprint density at radius 1 is 0.727 bits per heavy atom. The fraction of sp³-hybridized carbons (Fsp3) is 0.161. The van der Waals surface area contributed by atoms with Crippen LogP contribution in [-0.2, 0) is 31.2 Å². The molecule has 0 aliphatic rings. The highest BCUT2D eigenvalue weighted by atomic mass is 32.2. The molecule has 0 aliphatic carbocycles. The molecule has 4 rings (SSSR count). The molecule has 0 fully saturated rings. The Morgan fingerprint density at radius 3 is 1.77 bits per heavy atom. The van der Waals surface area contributed by atoms with Crippen LogP contribution in [0.5, 0.6) is 11.5 Å². The molecule has 3 N–H and O–H groups in total. The van der Waals surface area contributed by atoms with Gasteiger partial charge < -0.3 is 14.6 Å². The number of rotatable bonds is 13. The maximum absolute atomic E-state index is 13.0. The minimum atomic E-state index is -4.10. The number of carboxylic acids is 1.